The van der Waals surface area contributed by atoms with Crippen molar-refractivity contribution in [3.8, 4) is 0 Å². The van der Waals surface area contributed by atoms with Gasteiger partial charge in [-0.05, 0) is 17.0 Å². The minimum Gasteiger partial charge on any atom is -0.250 e. The van der Waals surface area contributed by atoms with Gasteiger partial charge in [-0.25, -0.2) is 4.98 Å². The quantitative estimate of drug-likeness (QED) is 0.720. The molecule has 0 radical (unpaired) electrons. The third-order valence-corrected chi connectivity index (χ3v) is 2.17. The fraction of sp³-hybridized carbons (Fsp3) is 0.222. The molecule has 0 saturated carbocycles. The van der Waals surface area contributed by atoms with Gasteiger partial charge in [0.2, 0.25) is 0 Å². The summed E-state index contributed by atoms with van der Waals surface area (Å²) in [5.74, 6) is 0. The largest absolute Gasteiger partial charge is 0.393 e. The van der Waals surface area contributed by atoms with E-state index in [4.69, 9.17) is 0 Å². The molecule has 0 unspecified atom stereocenters. The normalized spacial score (nSPS) is 11.4. The van der Waals surface area contributed by atoms with E-state index in [1.807, 2.05) is 0 Å². The summed E-state index contributed by atoms with van der Waals surface area (Å²) in [6.45, 7) is 3.34. The number of halogens is 3. The van der Waals surface area contributed by atoms with Crippen LogP contribution in [0.15, 0.2) is 40.9 Å². The van der Waals surface area contributed by atoms with Gasteiger partial charge in [-0.1, -0.05) is 24.4 Å². The van der Waals surface area contributed by atoms with Crippen molar-refractivity contribution in [2.24, 2.45) is 0 Å². The highest BCUT2D eigenvalue weighted by Gasteiger charge is 2.28. The van der Waals surface area contributed by atoms with Gasteiger partial charge in [-0.2, -0.15) is 13.2 Å². The van der Waals surface area contributed by atoms with Crippen LogP contribution in [0.4, 0.5) is 13.2 Å². The first kappa shape index (κ1) is 11.1. The summed E-state index contributed by atoms with van der Waals surface area (Å²) in [6.07, 6.45) is -3.64. The Hall–Kier alpha value is -0.970. The smallest absolute Gasteiger partial charge is 0.250 e. The third-order valence-electron chi connectivity index (χ3n) is 1.28. The second kappa shape index (κ2) is 4.50. The predicted octanol–water partition coefficient (Wildman–Crippen LogP) is 3.64. The highest BCUT2D eigenvalue weighted by Crippen LogP contribution is 2.32. The zero-order valence-corrected chi connectivity index (χ0v) is 8.03. The maximum absolute atomic E-state index is 11.9. The second-order valence-electron chi connectivity index (χ2n) is 2.60. The second-order valence-corrected chi connectivity index (χ2v) is 3.80. The molecular formula is C9H8F3NS. The van der Waals surface area contributed by atoms with Crippen molar-refractivity contribution in [3.63, 3.8) is 0 Å². The Balaban J connectivity index is 2.50. The van der Waals surface area contributed by atoms with E-state index in [2.05, 4.69) is 11.6 Å². The van der Waals surface area contributed by atoms with Crippen molar-refractivity contribution in [3.05, 3.63) is 35.9 Å². The summed E-state index contributed by atoms with van der Waals surface area (Å²) in [4.78, 5) is 3.94. The average molecular weight is 219 g/mol. The fourth-order valence-electron chi connectivity index (χ4n) is 0.815. The standard InChI is InChI=1S/C9H8F3NS/c1-7(6-9(10,11)12)14-8-4-2-3-5-13-8/h2-5H,1,6H2. The first-order valence-electron chi connectivity index (χ1n) is 3.81. The lowest BCUT2D eigenvalue weighted by molar-refractivity contribution is -0.125. The molecule has 0 amide bonds. The summed E-state index contributed by atoms with van der Waals surface area (Å²) in [7, 11) is 0. The zero-order valence-electron chi connectivity index (χ0n) is 7.21. The third kappa shape index (κ3) is 4.32. The molecule has 14 heavy (non-hydrogen) atoms. The van der Waals surface area contributed by atoms with Crippen LogP contribution in [0, 0.1) is 0 Å². The Morgan fingerprint density at radius 2 is 2.14 bits per heavy atom. The Morgan fingerprint density at radius 3 is 2.64 bits per heavy atom. The summed E-state index contributed by atoms with van der Waals surface area (Å²) in [5, 5.41) is 0.529. The molecule has 0 aliphatic rings. The number of pyridine rings is 1. The van der Waals surface area contributed by atoms with Crippen molar-refractivity contribution >= 4 is 11.8 Å². The molecule has 1 rings (SSSR count). The monoisotopic (exact) mass is 219 g/mol. The molecule has 0 bridgehead atoms. The fourth-order valence-corrected chi connectivity index (χ4v) is 1.61. The molecule has 1 aromatic heterocycles. The van der Waals surface area contributed by atoms with Gasteiger partial charge in [-0.15, -0.1) is 0 Å². The van der Waals surface area contributed by atoms with Gasteiger partial charge in [0.05, 0.1) is 6.42 Å². The Bertz CT molecular complexity index is 308. The molecule has 0 fully saturated rings. The van der Waals surface area contributed by atoms with Gasteiger partial charge < -0.3 is 0 Å². The Labute approximate surface area is 84.0 Å². The number of thioether (sulfide) groups is 1. The highest BCUT2D eigenvalue weighted by atomic mass is 32.2. The van der Waals surface area contributed by atoms with Crippen LogP contribution in [0.3, 0.4) is 0 Å². The topological polar surface area (TPSA) is 12.9 Å². The number of allylic oxidation sites excluding steroid dienone is 1. The van der Waals surface area contributed by atoms with Crippen molar-refractivity contribution in [1.82, 2.24) is 4.98 Å². The molecule has 0 saturated heterocycles. The van der Waals surface area contributed by atoms with E-state index >= 15 is 0 Å². The number of hydrogen-bond acceptors (Lipinski definition) is 2. The van der Waals surface area contributed by atoms with Crippen LogP contribution in [-0.4, -0.2) is 11.2 Å². The van der Waals surface area contributed by atoms with Gasteiger partial charge in [0, 0.05) is 6.20 Å². The lowest BCUT2D eigenvalue weighted by atomic mass is 10.4. The summed E-state index contributed by atoms with van der Waals surface area (Å²) in [5.41, 5.74) is 0. The van der Waals surface area contributed by atoms with Gasteiger partial charge >= 0.3 is 6.18 Å². The molecule has 0 aromatic carbocycles. The maximum atomic E-state index is 11.9. The van der Waals surface area contributed by atoms with E-state index in [9.17, 15) is 13.2 Å². The molecular weight excluding hydrogens is 211 g/mol. The van der Waals surface area contributed by atoms with Crippen molar-refractivity contribution in [2.75, 3.05) is 0 Å². The summed E-state index contributed by atoms with van der Waals surface area (Å²) in [6, 6.07) is 5.07. The van der Waals surface area contributed by atoms with Gasteiger partial charge in [-0.3, -0.25) is 0 Å². The molecule has 0 atom stereocenters. The Kier molecular flexibility index (Phi) is 3.57. The summed E-state index contributed by atoms with van der Waals surface area (Å²) >= 11 is 0.945. The molecule has 5 heteroatoms. The van der Waals surface area contributed by atoms with E-state index in [1.54, 1.807) is 18.2 Å². The van der Waals surface area contributed by atoms with E-state index in [0.29, 0.717) is 5.03 Å². The molecule has 1 heterocycles. The van der Waals surface area contributed by atoms with Crippen LogP contribution in [0.2, 0.25) is 0 Å². The molecule has 0 aliphatic heterocycles. The molecule has 0 aliphatic carbocycles. The number of rotatable bonds is 3. The van der Waals surface area contributed by atoms with Crippen LogP contribution in [0.25, 0.3) is 0 Å². The minimum absolute atomic E-state index is 0.0520. The van der Waals surface area contributed by atoms with Gasteiger partial charge in [0.1, 0.15) is 5.03 Å². The van der Waals surface area contributed by atoms with E-state index in [-0.39, 0.29) is 4.91 Å². The first-order chi connectivity index (χ1) is 6.47. The average Bonchev–Trinajstić information content (AvgIpc) is 2.02. The molecule has 1 aromatic rings. The molecule has 0 N–H and O–H groups in total. The molecule has 1 nitrogen and oxygen atoms in total. The molecule has 0 spiro atoms. The summed E-state index contributed by atoms with van der Waals surface area (Å²) < 4.78 is 35.7. The van der Waals surface area contributed by atoms with Gasteiger partial charge in [0.15, 0.2) is 0 Å². The Morgan fingerprint density at radius 1 is 1.43 bits per heavy atom. The van der Waals surface area contributed by atoms with Crippen molar-refractivity contribution in [1.29, 1.82) is 0 Å². The van der Waals surface area contributed by atoms with E-state index in [1.165, 1.54) is 6.20 Å². The molecule has 76 valence electrons. The number of nitrogens with zero attached hydrogens (tertiary/aromatic N) is 1. The SMILES string of the molecule is C=C(CC(F)(F)F)Sc1ccccn1. The predicted molar refractivity (Wildman–Crippen MR) is 49.9 cm³/mol. The van der Waals surface area contributed by atoms with Gasteiger partial charge in [0.25, 0.3) is 0 Å². The van der Waals surface area contributed by atoms with Crippen LogP contribution in [0.5, 0.6) is 0 Å². The minimum atomic E-state index is -4.20. The lowest BCUT2D eigenvalue weighted by Gasteiger charge is -2.07. The highest BCUT2D eigenvalue weighted by molar-refractivity contribution is 8.03. The maximum Gasteiger partial charge on any atom is 0.393 e. The van der Waals surface area contributed by atoms with E-state index in [0.717, 1.165) is 11.8 Å². The van der Waals surface area contributed by atoms with Crippen LogP contribution >= 0.6 is 11.8 Å². The zero-order chi connectivity index (χ0) is 10.6. The number of hydrogen-bond donors (Lipinski definition) is 0. The van der Waals surface area contributed by atoms with E-state index < -0.39 is 12.6 Å². The lowest BCUT2D eigenvalue weighted by Crippen LogP contribution is -2.06. The van der Waals surface area contributed by atoms with Crippen molar-refractivity contribution in [2.45, 2.75) is 17.6 Å². The van der Waals surface area contributed by atoms with Crippen LogP contribution in [-0.2, 0) is 0 Å². The van der Waals surface area contributed by atoms with Crippen molar-refractivity contribution < 1.29 is 13.2 Å². The van der Waals surface area contributed by atoms with Crippen LogP contribution < -0.4 is 0 Å². The first-order valence-corrected chi connectivity index (χ1v) is 4.62. The number of aromatic nitrogens is 1. The van der Waals surface area contributed by atoms with Crippen LogP contribution in [0.1, 0.15) is 6.42 Å². The number of alkyl halides is 3.